The van der Waals surface area contributed by atoms with E-state index in [1.807, 2.05) is 61.5 Å². The summed E-state index contributed by atoms with van der Waals surface area (Å²) in [4.78, 5) is 17.4. The lowest BCUT2D eigenvalue weighted by Gasteiger charge is -2.17. The molecule has 0 spiro atoms. The Morgan fingerprint density at radius 1 is 1.04 bits per heavy atom. The predicted molar refractivity (Wildman–Crippen MR) is 102 cm³/mol. The van der Waals surface area contributed by atoms with Crippen LogP contribution in [-0.4, -0.2) is 26.1 Å². The molecule has 0 aromatic heterocycles. The minimum absolute atomic E-state index is 0.186. The van der Waals surface area contributed by atoms with Crippen molar-refractivity contribution in [1.82, 2.24) is 0 Å². The number of carbonyl (C=O) groups is 1. The van der Waals surface area contributed by atoms with Crippen molar-refractivity contribution in [2.45, 2.75) is 32.7 Å². The minimum atomic E-state index is -0.804. The second kappa shape index (κ2) is 10.3. The molecule has 2 atom stereocenters. The van der Waals surface area contributed by atoms with Gasteiger partial charge in [-0.05, 0) is 23.6 Å². The Bertz CT molecular complexity index is 760. The van der Waals surface area contributed by atoms with E-state index in [0.717, 1.165) is 11.1 Å². The van der Waals surface area contributed by atoms with E-state index in [9.17, 15) is 4.79 Å². The van der Waals surface area contributed by atoms with Crippen molar-refractivity contribution in [2.24, 2.45) is 5.16 Å². The summed E-state index contributed by atoms with van der Waals surface area (Å²) in [5.41, 5.74) is 2.53. The first-order chi connectivity index (χ1) is 13.1. The summed E-state index contributed by atoms with van der Waals surface area (Å²) in [5, 5.41) is 4.03. The highest BCUT2D eigenvalue weighted by Gasteiger charge is 2.23. The van der Waals surface area contributed by atoms with Crippen LogP contribution in [0.1, 0.15) is 42.7 Å². The predicted octanol–water partition coefficient (Wildman–Crippen LogP) is 4.17. The monoisotopic (exact) mass is 371 g/mol. The van der Waals surface area contributed by atoms with E-state index < -0.39 is 12.1 Å². The zero-order chi connectivity index (χ0) is 19.6. The van der Waals surface area contributed by atoms with E-state index in [-0.39, 0.29) is 12.7 Å². The van der Waals surface area contributed by atoms with Gasteiger partial charge < -0.3 is 19.0 Å². The lowest BCUT2D eigenvalue weighted by Crippen LogP contribution is -2.18. The topological polar surface area (TPSA) is 66.4 Å². The van der Waals surface area contributed by atoms with E-state index >= 15 is 0 Å². The number of hydrogen-bond donors (Lipinski definition) is 0. The molecule has 144 valence electrons. The van der Waals surface area contributed by atoms with Crippen molar-refractivity contribution < 1.29 is 23.8 Å². The normalized spacial score (nSPS) is 13.6. The molecule has 0 bridgehead atoms. The lowest BCUT2D eigenvalue weighted by atomic mass is 10.0. The highest BCUT2D eigenvalue weighted by Crippen LogP contribution is 2.23. The molecule has 0 saturated heterocycles. The van der Waals surface area contributed by atoms with Crippen molar-refractivity contribution in [2.75, 3.05) is 14.2 Å². The second-order valence-corrected chi connectivity index (χ2v) is 5.90. The van der Waals surface area contributed by atoms with Crippen molar-refractivity contribution >= 4 is 11.9 Å². The van der Waals surface area contributed by atoms with Gasteiger partial charge in [0, 0.05) is 14.0 Å². The van der Waals surface area contributed by atoms with Crippen LogP contribution < -0.4 is 0 Å². The molecule has 2 rings (SSSR count). The maximum Gasteiger partial charge on any atom is 0.339 e. The Kier molecular flexibility index (Phi) is 7.82. The number of oxime groups is 1. The van der Waals surface area contributed by atoms with Gasteiger partial charge in [-0.1, -0.05) is 59.8 Å². The number of hydrogen-bond acceptors (Lipinski definition) is 6. The Hall–Kier alpha value is -2.86. The van der Waals surface area contributed by atoms with E-state index in [4.69, 9.17) is 19.0 Å². The van der Waals surface area contributed by atoms with Crippen LogP contribution in [0.3, 0.4) is 0 Å². The number of benzene rings is 2. The van der Waals surface area contributed by atoms with E-state index in [2.05, 4.69) is 5.16 Å². The number of ether oxygens (including phenoxy) is 3. The van der Waals surface area contributed by atoms with Gasteiger partial charge in [-0.25, -0.2) is 4.79 Å². The smallest absolute Gasteiger partial charge is 0.339 e. The first-order valence-electron chi connectivity index (χ1n) is 8.63. The maximum absolute atomic E-state index is 11.9. The van der Waals surface area contributed by atoms with Gasteiger partial charge in [0.2, 0.25) is 5.90 Å². The van der Waals surface area contributed by atoms with Gasteiger partial charge in [-0.15, -0.1) is 0 Å². The molecule has 0 fully saturated rings. The highest BCUT2D eigenvalue weighted by molar-refractivity contribution is 5.77. The van der Waals surface area contributed by atoms with Crippen LogP contribution in [0.4, 0.5) is 0 Å². The van der Waals surface area contributed by atoms with E-state index in [1.54, 1.807) is 6.92 Å². The summed E-state index contributed by atoms with van der Waals surface area (Å²) in [6, 6.07) is 17.2. The standard InChI is InChI=1S/C21H25NO5/c1-15(17-10-6-5-7-11-17)27-22-16(2)26-14-18-12-8-9-13-19(18)20(24-3)21(23)25-4/h5-13,15,20H,14H2,1-4H3/b22-16+. The number of methoxy groups -OCH3 is 2. The molecule has 27 heavy (non-hydrogen) atoms. The van der Waals surface area contributed by atoms with Crippen LogP contribution >= 0.6 is 0 Å². The zero-order valence-corrected chi connectivity index (χ0v) is 16.0. The third-order valence-corrected chi connectivity index (χ3v) is 4.03. The summed E-state index contributed by atoms with van der Waals surface area (Å²) >= 11 is 0. The second-order valence-electron chi connectivity index (χ2n) is 5.90. The number of carbonyl (C=O) groups excluding carboxylic acids is 1. The average Bonchev–Trinajstić information content (AvgIpc) is 2.72. The largest absolute Gasteiger partial charge is 0.474 e. The molecular formula is C21H25NO5. The molecule has 0 heterocycles. The zero-order valence-electron chi connectivity index (χ0n) is 16.0. The summed E-state index contributed by atoms with van der Waals surface area (Å²) in [6.07, 6.45) is -0.990. The van der Waals surface area contributed by atoms with Crippen molar-refractivity contribution in [3.8, 4) is 0 Å². The third kappa shape index (κ3) is 5.82. The molecule has 0 radical (unpaired) electrons. The van der Waals surface area contributed by atoms with Crippen molar-refractivity contribution in [3.63, 3.8) is 0 Å². The van der Waals surface area contributed by atoms with Gasteiger partial charge in [0.15, 0.2) is 6.10 Å². The first-order valence-corrected chi connectivity index (χ1v) is 8.63. The van der Waals surface area contributed by atoms with E-state index in [0.29, 0.717) is 11.5 Å². The van der Waals surface area contributed by atoms with Gasteiger partial charge in [-0.3, -0.25) is 0 Å². The highest BCUT2D eigenvalue weighted by atomic mass is 16.7. The quantitative estimate of drug-likeness (QED) is 0.301. The Morgan fingerprint density at radius 3 is 2.37 bits per heavy atom. The maximum atomic E-state index is 11.9. The molecule has 0 aliphatic heterocycles. The number of rotatable bonds is 8. The molecule has 2 aromatic rings. The molecule has 0 aliphatic carbocycles. The summed E-state index contributed by atoms with van der Waals surface area (Å²) in [6.45, 7) is 3.86. The molecule has 0 N–H and O–H groups in total. The van der Waals surface area contributed by atoms with Crippen LogP contribution in [0.5, 0.6) is 0 Å². The van der Waals surface area contributed by atoms with Gasteiger partial charge in [-0.2, -0.15) is 0 Å². The Labute approximate surface area is 159 Å². The molecule has 2 aromatic carbocycles. The van der Waals surface area contributed by atoms with Crippen LogP contribution in [0, 0.1) is 0 Å². The molecule has 6 heteroatoms. The molecule has 2 unspecified atom stereocenters. The van der Waals surface area contributed by atoms with Crippen LogP contribution in [0.2, 0.25) is 0 Å². The summed E-state index contributed by atoms with van der Waals surface area (Å²) in [7, 11) is 2.79. The summed E-state index contributed by atoms with van der Waals surface area (Å²) in [5.74, 6) is -0.0741. The Balaban J connectivity index is 2.00. The fourth-order valence-electron chi connectivity index (χ4n) is 2.53. The van der Waals surface area contributed by atoms with Crippen LogP contribution in [0.25, 0.3) is 0 Å². The Morgan fingerprint density at radius 2 is 1.70 bits per heavy atom. The van der Waals surface area contributed by atoms with Crippen LogP contribution in [-0.2, 0) is 30.4 Å². The van der Waals surface area contributed by atoms with Gasteiger partial charge >= 0.3 is 5.97 Å². The lowest BCUT2D eigenvalue weighted by molar-refractivity contribution is -0.152. The first kappa shape index (κ1) is 20.5. The van der Waals surface area contributed by atoms with Gasteiger partial charge in [0.05, 0.1) is 7.11 Å². The van der Waals surface area contributed by atoms with Crippen LogP contribution in [0.15, 0.2) is 59.8 Å². The molecular weight excluding hydrogens is 346 g/mol. The number of esters is 1. The fraction of sp³-hybridized carbons (Fsp3) is 0.333. The number of nitrogens with zero attached hydrogens (tertiary/aromatic N) is 1. The van der Waals surface area contributed by atoms with Gasteiger partial charge in [0.25, 0.3) is 0 Å². The molecule has 0 amide bonds. The van der Waals surface area contributed by atoms with E-state index in [1.165, 1.54) is 14.2 Å². The molecule has 0 saturated carbocycles. The van der Waals surface area contributed by atoms with Crippen molar-refractivity contribution in [3.05, 3.63) is 71.3 Å². The molecule has 6 nitrogen and oxygen atoms in total. The summed E-state index contributed by atoms with van der Waals surface area (Å²) < 4.78 is 15.8. The van der Waals surface area contributed by atoms with Gasteiger partial charge in [0.1, 0.15) is 12.7 Å². The van der Waals surface area contributed by atoms with Crippen molar-refractivity contribution in [1.29, 1.82) is 0 Å². The fourth-order valence-corrected chi connectivity index (χ4v) is 2.53. The molecule has 0 aliphatic rings. The third-order valence-electron chi connectivity index (χ3n) is 4.03. The minimum Gasteiger partial charge on any atom is -0.474 e. The average molecular weight is 371 g/mol. The SMILES string of the molecule is COC(=O)C(OC)c1ccccc1CO/C(C)=N/OC(C)c1ccccc1.